The van der Waals surface area contributed by atoms with Crippen molar-refractivity contribution in [1.29, 1.82) is 0 Å². The number of amides is 2. The summed E-state index contributed by atoms with van der Waals surface area (Å²) in [5.74, 6) is -0.0301. The van der Waals surface area contributed by atoms with Crippen LogP contribution in [0.1, 0.15) is 44.2 Å². The van der Waals surface area contributed by atoms with Crippen LogP contribution >= 0.6 is 11.6 Å². The lowest BCUT2D eigenvalue weighted by atomic mass is 9.66. The highest BCUT2D eigenvalue weighted by Gasteiger charge is 2.50. The molecule has 0 radical (unpaired) electrons. The van der Waals surface area contributed by atoms with E-state index < -0.39 is 23.2 Å². The van der Waals surface area contributed by atoms with Gasteiger partial charge in [-0.25, -0.2) is 4.79 Å². The van der Waals surface area contributed by atoms with E-state index in [4.69, 9.17) is 16.7 Å². The number of rotatable bonds is 9. The van der Waals surface area contributed by atoms with Crippen molar-refractivity contribution in [2.45, 2.75) is 51.3 Å². The van der Waals surface area contributed by atoms with Gasteiger partial charge in [0.2, 0.25) is 5.91 Å². The van der Waals surface area contributed by atoms with Crippen molar-refractivity contribution < 1.29 is 19.8 Å². The van der Waals surface area contributed by atoms with Gasteiger partial charge >= 0.3 is 6.09 Å². The van der Waals surface area contributed by atoms with Gasteiger partial charge in [0.05, 0.1) is 11.6 Å². The van der Waals surface area contributed by atoms with Crippen molar-refractivity contribution >= 4 is 23.6 Å². The molecule has 2 atom stereocenters. The van der Waals surface area contributed by atoms with Crippen molar-refractivity contribution in [3.05, 3.63) is 70.7 Å². The Kier molecular flexibility index (Phi) is 8.57. The van der Waals surface area contributed by atoms with Gasteiger partial charge in [0.15, 0.2) is 0 Å². The maximum Gasteiger partial charge on any atom is 0.404 e. The summed E-state index contributed by atoms with van der Waals surface area (Å²) in [6.07, 6.45) is 0.388. The zero-order valence-electron chi connectivity index (χ0n) is 19.8. The fraction of sp³-hybridized carbons (Fsp3) is 0.462. The Hall–Kier alpha value is -2.61. The standard InChI is InChI=1S/C26H34ClN3O4/c1-25(2)18-30(16-14-26(25,34)20-10-12-21(27)13-11-20)23(31)22(9-6-15-28-24(32)33)29-17-19-7-4-3-5-8-19/h3-5,7-8,10-13,22,28-29,34H,6,9,14-18H2,1-2H3,(H,32,33). The summed E-state index contributed by atoms with van der Waals surface area (Å²) >= 11 is 6.03. The van der Waals surface area contributed by atoms with Gasteiger partial charge in [0.1, 0.15) is 0 Å². The number of nitrogens with zero attached hydrogens (tertiary/aromatic N) is 1. The van der Waals surface area contributed by atoms with E-state index in [0.29, 0.717) is 43.9 Å². The molecule has 2 amide bonds. The highest BCUT2D eigenvalue weighted by Crippen LogP contribution is 2.46. The topological polar surface area (TPSA) is 102 Å². The van der Waals surface area contributed by atoms with Gasteiger partial charge in [0, 0.05) is 36.6 Å². The van der Waals surface area contributed by atoms with Gasteiger partial charge in [-0.3, -0.25) is 4.79 Å². The third-order valence-corrected chi connectivity index (χ3v) is 6.97. The first-order valence-electron chi connectivity index (χ1n) is 11.6. The quantitative estimate of drug-likeness (QED) is 0.400. The van der Waals surface area contributed by atoms with E-state index in [9.17, 15) is 14.7 Å². The average molecular weight is 488 g/mol. The first-order valence-corrected chi connectivity index (χ1v) is 12.0. The Morgan fingerprint density at radius 2 is 1.79 bits per heavy atom. The number of halogens is 1. The monoisotopic (exact) mass is 487 g/mol. The van der Waals surface area contributed by atoms with Crippen LogP contribution in [0, 0.1) is 5.41 Å². The Balaban J connectivity index is 1.70. The predicted molar refractivity (Wildman–Crippen MR) is 133 cm³/mol. The minimum atomic E-state index is -1.08. The lowest BCUT2D eigenvalue weighted by molar-refractivity contribution is -0.155. The van der Waals surface area contributed by atoms with Gasteiger partial charge in [-0.1, -0.05) is 67.9 Å². The summed E-state index contributed by atoms with van der Waals surface area (Å²) in [5, 5.41) is 26.8. The first-order chi connectivity index (χ1) is 16.1. The normalized spacial score (nSPS) is 20.5. The molecule has 1 aliphatic heterocycles. The average Bonchev–Trinajstić information content (AvgIpc) is 2.81. The van der Waals surface area contributed by atoms with Crippen LogP contribution in [0.15, 0.2) is 54.6 Å². The molecule has 1 heterocycles. The van der Waals surface area contributed by atoms with E-state index in [1.165, 1.54) is 0 Å². The van der Waals surface area contributed by atoms with Gasteiger partial charge in [0.25, 0.3) is 0 Å². The maximum atomic E-state index is 13.6. The highest BCUT2D eigenvalue weighted by molar-refractivity contribution is 6.30. The molecule has 2 unspecified atom stereocenters. The molecule has 34 heavy (non-hydrogen) atoms. The number of likely N-dealkylation sites (tertiary alicyclic amines) is 1. The smallest absolute Gasteiger partial charge is 0.404 e. The number of benzene rings is 2. The largest absolute Gasteiger partial charge is 0.465 e. The number of piperidine rings is 1. The molecule has 0 bridgehead atoms. The second-order valence-electron chi connectivity index (χ2n) is 9.55. The Labute approximate surface area is 206 Å². The van der Waals surface area contributed by atoms with Crippen LogP contribution in [-0.4, -0.2) is 52.8 Å². The number of hydrogen-bond acceptors (Lipinski definition) is 4. The molecular weight excluding hydrogens is 454 g/mol. The van der Waals surface area contributed by atoms with Crippen molar-refractivity contribution in [2.24, 2.45) is 5.41 Å². The van der Waals surface area contributed by atoms with E-state index in [1.807, 2.05) is 61.2 Å². The molecule has 3 rings (SSSR count). The van der Waals surface area contributed by atoms with Crippen LogP contribution in [0.25, 0.3) is 0 Å². The Bertz CT molecular complexity index is 968. The van der Waals surface area contributed by atoms with Crippen LogP contribution in [-0.2, 0) is 16.9 Å². The van der Waals surface area contributed by atoms with Crippen molar-refractivity contribution in [2.75, 3.05) is 19.6 Å². The fourth-order valence-corrected chi connectivity index (χ4v) is 4.77. The molecule has 2 aromatic carbocycles. The number of carbonyl (C=O) groups is 2. The van der Waals surface area contributed by atoms with Gasteiger partial charge < -0.3 is 25.7 Å². The SMILES string of the molecule is CC1(C)CN(C(=O)C(CCCNC(=O)O)NCc2ccccc2)CCC1(O)c1ccc(Cl)cc1. The summed E-state index contributed by atoms with van der Waals surface area (Å²) in [6.45, 7) is 5.61. The Morgan fingerprint density at radius 1 is 1.12 bits per heavy atom. The van der Waals surface area contributed by atoms with Crippen LogP contribution < -0.4 is 10.6 Å². The molecule has 184 valence electrons. The number of nitrogens with one attached hydrogen (secondary N) is 2. The van der Waals surface area contributed by atoms with Gasteiger partial charge in [-0.2, -0.15) is 0 Å². The van der Waals surface area contributed by atoms with Crippen LogP contribution in [0.3, 0.4) is 0 Å². The fourth-order valence-electron chi connectivity index (χ4n) is 4.64. The van der Waals surface area contributed by atoms with E-state index in [2.05, 4.69) is 10.6 Å². The zero-order chi connectivity index (χ0) is 24.8. The lowest BCUT2D eigenvalue weighted by Gasteiger charge is -2.51. The number of carbonyl (C=O) groups excluding carboxylic acids is 1. The zero-order valence-corrected chi connectivity index (χ0v) is 20.5. The molecule has 0 aliphatic carbocycles. The molecule has 8 heteroatoms. The summed E-state index contributed by atoms with van der Waals surface area (Å²) in [7, 11) is 0. The van der Waals surface area contributed by atoms with Crippen LogP contribution in [0.5, 0.6) is 0 Å². The predicted octanol–water partition coefficient (Wildman–Crippen LogP) is 3.99. The Morgan fingerprint density at radius 3 is 2.41 bits per heavy atom. The summed E-state index contributed by atoms with van der Waals surface area (Å²) in [6, 6.07) is 16.6. The molecule has 2 aromatic rings. The van der Waals surface area contributed by atoms with Crippen molar-refractivity contribution in [1.82, 2.24) is 15.5 Å². The molecule has 1 fully saturated rings. The second kappa shape index (κ2) is 11.2. The molecule has 1 saturated heterocycles. The van der Waals surface area contributed by atoms with E-state index in [-0.39, 0.29) is 12.5 Å². The highest BCUT2D eigenvalue weighted by atomic mass is 35.5. The third kappa shape index (κ3) is 6.29. The van der Waals surface area contributed by atoms with Gasteiger partial charge in [-0.05, 0) is 42.5 Å². The van der Waals surface area contributed by atoms with Crippen LogP contribution in [0.2, 0.25) is 5.02 Å². The first kappa shape index (κ1) is 26.0. The molecule has 4 N–H and O–H groups in total. The van der Waals surface area contributed by atoms with Crippen molar-refractivity contribution in [3.63, 3.8) is 0 Å². The summed E-state index contributed by atoms with van der Waals surface area (Å²) in [4.78, 5) is 26.1. The minimum Gasteiger partial charge on any atom is -0.465 e. The van der Waals surface area contributed by atoms with E-state index in [0.717, 1.165) is 11.1 Å². The van der Waals surface area contributed by atoms with E-state index >= 15 is 0 Å². The van der Waals surface area contributed by atoms with Gasteiger partial charge in [-0.15, -0.1) is 0 Å². The second-order valence-corrected chi connectivity index (χ2v) is 9.99. The molecule has 0 aromatic heterocycles. The number of hydrogen-bond donors (Lipinski definition) is 4. The van der Waals surface area contributed by atoms with Crippen LogP contribution in [0.4, 0.5) is 4.79 Å². The number of aliphatic hydroxyl groups is 1. The summed E-state index contributed by atoms with van der Waals surface area (Å²) < 4.78 is 0. The van der Waals surface area contributed by atoms with E-state index in [1.54, 1.807) is 12.1 Å². The third-order valence-electron chi connectivity index (χ3n) is 6.72. The van der Waals surface area contributed by atoms with Crippen molar-refractivity contribution in [3.8, 4) is 0 Å². The summed E-state index contributed by atoms with van der Waals surface area (Å²) in [5.41, 5.74) is 0.212. The maximum absolute atomic E-state index is 13.6. The minimum absolute atomic E-state index is 0.0301. The molecule has 1 aliphatic rings. The number of carboxylic acid groups (broad SMARTS) is 1. The lowest BCUT2D eigenvalue weighted by Crippen LogP contribution is -2.59. The molecule has 7 nitrogen and oxygen atoms in total. The molecular formula is C26H34ClN3O4. The molecule has 0 saturated carbocycles. The molecule has 0 spiro atoms.